The largest absolute Gasteiger partial charge is 0.313 e. The van der Waals surface area contributed by atoms with E-state index >= 15 is 0 Å². The average Bonchev–Trinajstić information content (AvgIpc) is 2.87. The second kappa shape index (κ2) is 5.32. The summed E-state index contributed by atoms with van der Waals surface area (Å²) in [4.78, 5) is 8.98. The molecular formula is C10H9Cl2FO. The van der Waals surface area contributed by atoms with Crippen LogP contribution in [-0.2, 0) is 0 Å². The summed E-state index contributed by atoms with van der Waals surface area (Å²) in [7, 11) is 0. The molecule has 0 radical (unpaired) electrons. The van der Waals surface area contributed by atoms with Crippen molar-refractivity contribution >= 4 is 27.9 Å². The lowest BCUT2D eigenvalue weighted by Gasteiger charge is -1.94. The predicted molar refractivity (Wildman–Crippen MR) is 55.5 cm³/mol. The molecule has 14 heavy (non-hydrogen) atoms. The van der Waals surface area contributed by atoms with Crippen LogP contribution in [0.25, 0.3) is 0 Å². The third-order valence-corrected chi connectivity index (χ3v) is 1.92. The van der Waals surface area contributed by atoms with Crippen LogP contribution in [0.5, 0.6) is 0 Å². The van der Waals surface area contributed by atoms with Crippen molar-refractivity contribution in [3.8, 4) is 0 Å². The average molecular weight is 235 g/mol. The van der Waals surface area contributed by atoms with Crippen molar-refractivity contribution in [2.75, 3.05) is 0 Å². The van der Waals surface area contributed by atoms with E-state index in [1.807, 2.05) is 12.1 Å². The molecule has 2 rings (SSSR count). The lowest BCUT2D eigenvalue weighted by Crippen LogP contribution is -1.78. The van der Waals surface area contributed by atoms with Gasteiger partial charge in [-0.1, -0.05) is 12.1 Å². The van der Waals surface area contributed by atoms with Gasteiger partial charge in [-0.15, -0.1) is 0 Å². The lowest BCUT2D eigenvalue weighted by molar-refractivity contribution is 0.275. The molecule has 1 fully saturated rings. The van der Waals surface area contributed by atoms with Gasteiger partial charge in [0, 0.05) is 0 Å². The van der Waals surface area contributed by atoms with Gasteiger partial charge >= 0.3 is 4.70 Å². The Bertz CT molecular complexity index is 302. The molecule has 0 unspecified atom stereocenters. The minimum absolute atomic E-state index is 0.135. The highest BCUT2D eigenvalue weighted by Crippen LogP contribution is 2.39. The van der Waals surface area contributed by atoms with Crippen LogP contribution in [0.4, 0.5) is 9.18 Å². The van der Waals surface area contributed by atoms with E-state index in [0.29, 0.717) is 0 Å². The van der Waals surface area contributed by atoms with E-state index in [9.17, 15) is 4.39 Å². The number of benzene rings is 1. The Labute approximate surface area is 91.8 Å². The van der Waals surface area contributed by atoms with Crippen LogP contribution in [0.3, 0.4) is 0 Å². The number of hydrogen-bond donors (Lipinski definition) is 0. The van der Waals surface area contributed by atoms with Gasteiger partial charge in [-0.2, -0.15) is 0 Å². The van der Waals surface area contributed by atoms with Gasteiger partial charge in [0.15, 0.2) is 0 Å². The van der Waals surface area contributed by atoms with Crippen LogP contribution in [-0.4, -0.2) is 4.70 Å². The van der Waals surface area contributed by atoms with Crippen LogP contribution in [0.2, 0.25) is 0 Å². The number of rotatable bonds is 1. The van der Waals surface area contributed by atoms with E-state index in [1.165, 1.54) is 30.5 Å². The van der Waals surface area contributed by atoms with Crippen molar-refractivity contribution in [1.82, 2.24) is 0 Å². The van der Waals surface area contributed by atoms with Gasteiger partial charge in [0.05, 0.1) is 0 Å². The van der Waals surface area contributed by atoms with Crippen molar-refractivity contribution in [2.24, 2.45) is 0 Å². The number of carbonyl (C=O) groups is 1. The Balaban J connectivity index is 0.000000213. The van der Waals surface area contributed by atoms with Gasteiger partial charge < -0.3 is 0 Å². The summed E-state index contributed by atoms with van der Waals surface area (Å²) in [6, 6.07) is 6.83. The summed E-state index contributed by atoms with van der Waals surface area (Å²) < 4.78 is 11.5. The predicted octanol–water partition coefficient (Wildman–Crippen LogP) is 4.29. The van der Waals surface area contributed by atoms with Gasteiger partial charge in [0.25, 0.3) is 0 Å². The Hall–Kier alpha value is -0.600. The summed E-state index contributed by atoms with van der Waals surface area (Å²) in [5.41, 5.74) is 1.29. The third kappa shape index (κ3) is 4.58. The SMILES string of the molecule is Fc1ccc(C2CC2)cc1.O=C(Cl)Cl. The monoisotopic (exact) mass is 234 g/mol. The van der Waals surface area contributed by atoms with E-state index in [4.69, 9.17) is 4.79 Å². The molecule has 1 saturated carbocycles. The van der Waals surface area contributed by atoms with Gasteiger partial charge in [-0.3, -0.25) is 4.79 Å². The molecule has 0 N–H and O–H groups in total. The normalized spacial score (nSPS) is 14.2. The van der Waals surface area contributed by atoms with Crippen LogP contribution < -0.4 is 0 Å². The molecule has 76 valence electrons. The summed E-state index contributed by atoms with van der Waals surface area (Å²) in [5, 5.41) is 0. The summed E-state index contributed by atoms with van der Waals surface area (Å²) in [6.07, 6.45) is 2.57. The molecule has 0 atom stereocenters. The van der Waals surface area contributed by atoms with Gasteiger partial charge in [-0.25, -0.2) is 4.39 Å². The molecule has 1 nitrogen and oxygen atoms in total. The molecule has 1 aromatic rings. The fourth-order valence-corrected chi connectivity index (χ4v) is 1.15. The maximum Gasteiger partial charge on any atom is 0.313 e. The van der Waals surface area contributed by atoms with Crippen molar-refractivity contribution in [1.29, 1.82) is 0 Å². The van der Waals surface area contributed by atoms with E-state index < -0.39 is 4.70 Å². The second-order valence-corrected chi connectivity index (χ2v) is 3.93. The van der Waals surface area contributed by atoms with E-state index in [-0.39, 0.29) is 5.82 Å². The molecule has 1 aliphatic rings. The minimum atomic E-state index is -0.889. The molecule has 1 aliphatic carbocycles. The number of halogens is 3. The summed E-state index contributed by atoms with van der Waals surface area (Å²) >= 11 is 8.80. The van der Waals surface area contributed by atoms with Crippen molar-refractivity contribution in [2.45, 2.75) is 18.8 Å². The molecule has 0 saturated heterocycles. The second-order valence-electron chi connectivity index (χ2n) is 3.05. The standard InChI is InChI=1S/C9H9F.CCl2O/c10-9-5-3-8(4-6-9)7-1-2-7;2-1(3)4/h3-7H,1-2H2;. The fraction of sp³-hybridized carbons (Fsp3) is 0.300. The zero-order valence-electron chi connectivity index (χ0n) is 7.34. The van der Waals surface area contributed by atoms with Crippen LogP contribution in [0.1, 0.15) is 24.3 Å². The highest BCUT2D eigenvalue weighted by atomic mass is 35.5. The Kier molecular flexibility index (Phi) is 4.36. The maximum atomic E-state index is 12.4. The first kappa shape index (κ1) is 11.5. The highest BCUT2D eigenvalue weighted by molar-refractivity contribution is 6.93. The maximum absolute atomic E-state index is 12.4. The quantitative estimate of drug-likeness (QED) is 0.663. The van der Waals surface area contributed by atoms with Crippen molar-refractivity contribution in [3.63, 3.8) is 0 Å². The van der Waals surface area contributed by atoms with Crippen LogP contribution in [0.15, 0.2) is 24.3 Å². The molecule has 1 aromatic carbocycles. The Morgan fingerprint density at radius 2 is 1.64 bits per heavy atom. The first-order valence-corrected chi connectivity index (χ1v) is 4.95. The lowest BCUT2D eigenvalue weighted by atomic mass is 10.1. The zero-order chi connectivity index (χ0) is 10.6. The molecule has 0 aliphatic heterocycles. The van der Waals surface area contributed by atoms with Gasteiger partial charge in [-0.05, 0) is 59.7 Å². The molecule has 0 heterocycles. The summed E-state index contributed by atoms with van der Waals surface area (Å²) in [6.45, 7) is 0. The molecular weight excluding hydrogens is 226 g/mol. The van der Waals surface area contributed by atoms with E-state index in [1.54, 1.807) is 0 Å². The molecule has 4 heteroatoms. The summed E-state index contributed by atoms with van der Waals surface area (Å²) in [5.74, 6) is 0.602. The number of hydrogen-bond acceptors (Lipinski definition) is 1. The topological polar surface area (TPSA) is 17.1 Å². The van der Waals surface area contributed by atoms with Crippen LogP contribution >= 0.6 is 23.2 Å². The zero-order valence-corrected chi connectivity index (χ0v) is 8.85. The number of carbonyl (C=O) groups excluding carboxylic acids is 1. The van der Waals surface area contributed by atoms with Gasteiger partial charge in [0.1, 0.15) is 5.82 Å². The highest BCUT2D eigenvalue weighted by Gasteiger charge is 2.22. The van der Waals surface area contributed by atoms with Gasteiger partial charge in [0.2, 0.25) is 0 Å². The van der Waals surface area contributed by atoms with Crippen LogP contribution in [0, 0.1) is 5.82 Å². The Morgan fingerprint density at radius 1 is 1.21 bits per heavy atom. The van der Waals surface area contributed by atoms with Crippen molar-refractivity contribution < 1.29 is 9.18 Å². The molecule has 0 bridgehead atoms. The first-order valence-electron chi connectivity index (χ1n) is 4.20. The fourth-order valence-electron chi connectivity index (χ4n) is 1.15. The smallest absolute Gasteiger partial charge is 0.262 e. The molecule has 0 amide bonds. The van der Waals surface area contributed by atoms with E-state index in [2.05, 4.69) is 23.2 Å². The third-order valence-electron chi connectivity index (χ3n) is 1.92. The molecule has 0 spiro atoms. The van der Waals surface area contributed by atoms with Crippen molar-refractivity contribution in [3.05, 3.63) is 35.6 Å². The minimum Gasteiger partial charge on any atom is -0.262 e. The first-order chi connectivity index (χ1) is 6.59. The Morgan fingerprint density at radius 3 is 2.00 bits per heavy atom. The van der Waals surface area contributed by atoms with E-state index in [0.717, 1.165) is 5.92 Å². The molecule has 0 aromatic heterocycles.